The Balaban J connectivity index is 1.39. The summed E-state index contributed by atoms with van der Waals surface area (Å²) in [6.07, 6.45) is 1.77. The van der Waals surface area contributed by atoms with Crippen LogP contribution in [0.4, 0.5) is 10.5 Å². The van der Waals surface area contributed by atoms with E-state index in [4.69, 9.17) is 11.6 Å². The molecule has 30 heavy (non-hydrogen) atoms. The van der Waals surface area contributed by atoms with E-state index in [-0.39, 0.29) is 10.9 Å². The van der Waals surface area contributed by atoms with E-state index in [1.807, 2.05) is 0 Å². The molecule has 0 radical (unpaired) electrons. The molecular formula is C19H21ClN6O3S. The number of aromatic nitrogens is 3. The summed E-state index contributed by atoms with van der Waals surface area (Å²) in [7, 11) is -3.50. The van der Waals surface area contributed by atoms with Gasteiger partial charge >= 0.3 is 6.03 Å². The van der Waals surface area contributed by atoms with Crippen molar-refractivity contribution >= 4 is 44.4 Å². The van der Waals surface area contributed by atoms with E-state index in [0.717, 1.165) is 12.8 Å². The number of nitrogens with one attached hydrogen (secondary N) is 2. The maximum atomic E-state index is 12.7. The predicted molar refractivity (Wildman–Crippen MR) is 114 cm³/mol. The summed E-state index contributed by atoms with van der Waals surface area (Å²) in [5, 5.41) is 14.0. The number of para-hydroxylation sites is 1. The maximum absolute atomic E-state index is 12.7. The molecule has 2 heterocycles. The molecule has 1 fully saturated rings. The summed E-state index contributed by atoms with van der Waals surface area (Å²) in [6.45, 7) is 1.79. The standard InChI is InChI=1S/C19H21ClN6O3S/c20-15-5-1-2-6-16(15)22-19(27)21-9-12-26-18-8-7-14(13-17(18)23-24-26)30(28,29)25-10-3-4-11-25/h1-2,5-8,13H,3-4,9-12H2,(H2,21,22,27). The number of rotatable bonds is 6. The van der Waals surface area contributed by atoms with Crippen molar-refractivity contribution in [3.8, 4) is 0 Å². The van der Waals surface area contributed by atoms with Crippen LogP contribution in [0.3, 0.4) is 0 Å². The van der Waals surface area contributed by atoms with Crippen LogP contribution in [0, 0.1) is 0 Å². The first kappa shape index (κ1) is 20.6. The third-order valence-electron chi connectivity index (χ3n) is 4.92. The molecule has 9 nitrogen and oxygen atoms in total. The summed E-state index contributed by atoms with van der Waals surface area (Å²) in [6, 6.07) is 11.4. The Hall–Kier alpha value is -2.69. The van der Waals surface area contributed by atoms with Crippen LogP contribution in [-0.2, 0) is 16.6 Å². The van der Waals surface area contributed by atoms with E-state index < -0.39 is 10.0 Å². The Morgan fingerprint density at radius 1 is 1.13 bits per heavy atom. The van der Waals surface area contributed by atoms with Crippen molar-refractivity contribution in [2.45, 2.75) is 24.3 Å². The van der Waals surface area contributed by atoms with E-state index in [1.54, 1.807) is 47.1 Å². The van der Waals surface area contributed by atoms with Gasteiger partial charge in [-0.1, -0.05) is 28.9 Å². The zero-order chi connectivity index (χ0) is 21.1. The fraction of sp³-hybridized carbons (Fsp3) is 0.316. The number of sulfonamides is 1. The van der Waals surface area contributed by atoms with Gasteiger partial charge in [-0.05, 0) is 43.2 Å². The van der Waals surface area contributed by atoms with Crippen LogP contribution in [0.25, 0.3) is 11.0 Å². The lowest BCUT2D eigenvalue weighted by Gasteiger charge is -2.15. The molecule has 4 rings (SSSR count). The SMILES string of the molecule is O=C(NCCn1nnc2cc(S(=O)(=O)N3CCCC3)ccc21)Nc1ccccc1Cl. The molecule has 158 valence electrons. The second-order valence-electron chi connectivity index (χ2n) is 6.94. The Labute approximate surface area is 179 Å². The van der Waals surface area contributed by atoms with E-state index in [9.17, 15) is 13.2 Å². The first-order valence-electron chi connectivity index (χ1n) is 9.58. The lowest BCUT2D eigenvalue weighted by Crippen LogP contribution is -2.31. The molecule has 2 N–H and O–H groups in total. The van der Waals surface area contributed by atoms with Gasteiger partial charge in [0.1, 0.15) is 5.52 Å². The number of benzene rings is 2. The molecule has 0 unspecified atom stereocenters. The van der Waals surface area contributed by atoms with Crippen molar-refractivity contribution in [1.29, 1.82) is 0 Å². The van der Waals surface area contributed by atoms with Gasteiger partial charge in [0.25, 0.3) is 0 Å². The lowest BCUT2D eigenvalue weighted by molar-refractivity contribution is 0.251. The van der Waals surface area contributed by atoms with Crippen LogP contribution in [0.1, 0.15) is 12.8 Å². The first-order chi connectivity index (χ1) is 14.4. The fourth-order valence-corrected chi connectivity index (χ4v) is 5.08. The maximum Gasteiger partial charge on any atom is 0.319 e. The fourth-order valence-electron chi connectivity index (χ4n) is 3.36. The largest absolute Gasteiger partial charge is 0.336 e. The quantitative estimate of drug-likeness (QED) is 0.602. The molecule has 0 saturated carbocycles. The number of urea groups is 1. The predicted octanol–water partition coefficient (Wildman–Crippen LogP) is 2.69. The second-order valence-corrected chi connectivity index (χ2v) is 9.28. The molecule has 0 spiro atoms. The third-order valence-corrected chi connectivity index (χ3v) is 7.14. The van der Waals surface area contributed by atoms with Crippen LogP contribution in [0.2, 0.25) is 5.02 Å². The highest BCUT2D eigenvalue weighted by Crippen LogP contribution is 2.23. The molecule has 0 aliphatic carbocycles. The summed E-state index contributed by atoms with van der Waals surface area (Å²) >= 11 is 6.02. The first-order valence-corrected chi connectivity index (χ1v) is 11.4. The number of carbonyl (C=O) groups excluding carboxylic acids is 1. The van der Waals surface area contributed by atoms with Gasteiger partial charge in [-0.25, -0.2) is 17.9 Å². The number of amides is 2. The van der Waals surface area contributed by atoms with Gasteiger partial charge in [0.05, 0.1) is 27.7 Å². The smallest absolute Gasteiger partial charge is 0.319 e. The number of halogens is 1. The number of hydrogen-bond acceptors (Lipinski definition) is 5. The van der Waals surface area contributed by atoms with Gasteiger partial charge in [0.2, 0.25) is 10.0 Å². The van der Waals surface area contributed by atoms with Crippen LogP contribution in [0.15, 0.2) is 47.4 Å². The van der Waals surface area contributed by atoms with Crippen LogP contribution in [0.5, 0.6) is 0 Å². The van der Waals surface area contributed by atoms with Crippen molar-refractivity contribution in [1.82, 2.24) is 24.6 Å². The van der Waals surface area contributed by atoms with E-state index in [1.165, 1.54) is 4.31 Å². The van der Waals surface area contributed by atoms with Gasteiger partial charge in [0, 0.05) is 19.6 Å². The van der Waals surface area contributed by atoms with E-state index >= 15 is 0 Å². The Kier molecular flexibility index (Phi) is 5.89. The molecule has 1 saturated heterocycles. The van der Waals surface area contributed by atoms with Crippen molar-refractivity contribution in [2.24, 2.45) is 0 Å². The van der Waals surface area contributed by atoms with E-state index in [2.05, 4.69) is 20.9 Å². The van der Waals surface area contributed by atoms with Crippen molar-refractivity contribution in [2.75, 3.05) is 25.0 Å². The molecule has 2 aromatic carbocycles. The van der Waals surface area contributed by atoms with Crippen LogP contribution in [-0.4, -0.2) is 53.4 Å². The summed E-state index contributed by atoms with van der Waals surface area (Å²) < 4.78 is 28.5. The van der Waals surface area contributed by atoms with Gasteiger partial charge in [0.15, 0.2) is 0 Å². The molecule has 0 atom stereocenters. The molecule has 11 heteroatoms. The van der Waals surface area contributed by atoms with Crippen LogP contribution >= 0.6 is 11.6 Å². The van der Waals surface area contributed by atoms with Gasteiger partial charge in [-0.3, -0.25) is 0 Å². The third kappa shape index (κ3) is 4.25. The number of fused-ring (bicyclic) bond motifs is 1. The van der Waals surface area contributed by atoms with Crippen molar-refractivity contribution < 1.29 is 13.2 Å². The minimum atomic E-state index is -3.50. The molecule has 1 aliphatic rings. The zero-order valence-corrected chi connectivity index (χ0v) is 17.7. The number of nitrogens with zero attached hydrogens (tertiary/aromatic N) is 4. The summed E-state index contributed by atoms with van der Waals surface area (Å²) in [5.41, 5.74) is 1.72. The zero-order valence-electron chi connectivity index (χ0n) is 16.1. The monoisotopic (exact) mass is 448 g/mol. The number of anilines is 1. The molecule has 0 bridgehead atoms. The second kappa shape index (κ2) is 8.58. The van der Waals surface area contributed by atoms with Gasteiger partial charge in [-0.15, -0.1) is 5.10 Å². The van der Waals surface area contributed by atoms with Gasteiger partial charge < -0.3 is 10.6 Å². The Bertz CT molecular complexity index is 1170. The molecule has 1 aromatic heterocycles. The average molecular weight is 449 g/mol. The molecule has 2 amide bonds. The number of hydrogen-bond donors (Lipinski definition) is 2. The van der Waals surface area contributed by atoms with Gasteiger partial charge in [-0.2, -0.15) is 4.31 Å². The van der Waals surface area contributed by atoms with Crippen molar-refractivity contribution in [3.63, 3.8) is 0 Å². The van der Waals surface area contributed by atoms with Crippen LogP contribution < -0.4 is 10.6 Å². The van der Waals surface area contributed by atoms with E-state index in [0.29, 0.717) is 47.9 Å². The Morgan fingerprint density at radius 2 is 1.90 bits per heavy atom. The normalized spacial score (nSPS) is 14.8. The summed E-state index contributed by atoms with van der Waals surface area (Å²) in [4.78, 5) is 12.3. The minimum Gasteiger partial charge on any atom is -0.336 e. The molecular weight excluding hydrogens is 428 g/mol. The van der Waals surface area contributed by atoms with Crippen molar-refractivity contribution in [3.05, 3.63) is 47.5 Å². The highest BCUT2D eigenvalue weighted by Gasteiger charge is 2.27. The lowest BCUT2D eigenvalue weighted by atomic mass is 10.3. The molecule has 1 aliphatic heterocycles. The average Bonchev–Trinajstić information content (AvgIpc) is 3.40. The summed E-state index contributed by atoms with van der Waals surface area (Å²) in [5.74, 6) is 0. The minimum absolute atomic E-state index is 0.223. The molecule has 3 aromatic rings. The highest BCUT2D eigenvalue weighted by molar-refractivity contribution is 7.89. The topological polar surface area (TPSA) is 109 Å². The Morgan fingerprint density at radius 3 is 2.67 bits per heavy atom. The number of carbonyl (C=O) groups is 1. The highest BCUT2D eigenvalue weighted by atomic mass is 35.5.